The number of nitrogens with zero attached hydrogens (tertiary/aromatic N) is 1. The van der Waals surface area contributed by atoms with Gasteiger partial charge in [-0.05, 0) is 35.8 Å². The lowest BCUT2D eigenvalue weighted by Crippen LogP contribution is -2.59. The van der Waals surface area contributed by atoms with Crippen LogP contribution < -0.4 is 9.47 Å². The van der Waals surface area contributed by atoms with Crippen molar-refractivity contribution >= 4 is 0 Å². The highest BCUT2D eigenvalue weighted by atomic mass is 16.6. The van der Waals surface area contributed by atoms with Crippen LogP contribution in [0.5, 0.6) is 11.5 Å². The highest BCUT2D eigenvalue weighted by molar-refractivity contribution is 5.40. The minimum atomic E-state index is 0.0856. The van der Waals surface area contributed by atoms with Crippen LogP contribution in [0.25, 0.3) is 0 Å². The van der Waals surface area contributed by atoms with E-state index in [4.69, 9.17) is 9.47 Å². The van der Waals surface area contributed by atoms with Gasteiger partial charge in [-0.15, -0.1) is 0 Å². The Kier molecular flexibility index (Phi) is 4.59. The monoisotopic (exact) mass is 317 g/mol. The first kappa shape index (κ1) is 16.6. The van der Waals surface area contributed by atoms with Crippen molar-refractivity contribution in [1.29, 1.82) is 0 Å². The van der Waals surface area contributed by atoms with Crippen LogP contribution in [-0.4, -0.2) is 36.7 Å². The van der Waals surface area contributed by atoms with Crippen LogP contribution in [0, 0.1) is 17.3 Å². The van der Waals surface area contributed by atoms with E-state index in [0.29, 0.717) is 12.6 Å². The molecular formula is C20H31NO2. The Balaban J connectivity index is 1.83. The van der Waals surface area contributed by atoms with Gasteiger partial charge < -0.3 is 9.47 Å². The van der Waals surface area contributed by atoms with Crippen molar-refractivity contribution in [3.63, 3.8) is 0 Å². The molecule has 0 aliphatic carbocycles. The molecular weight excluding hydrogens is 286 g/mol. The molecule has 0 bridgehead atoms. The van der Waals surface area contributed by atoms with Crippen molar-refractivity contribution < 1.29 is 9.47 Å². The Hall–Kier alpha value is -1.22. The predicted molar refractivity (Wildman–Crippen MR) is 94.1 cm³/mol. The molecule has 3 rings (SSSR count). The zero-order chi connectivity index (χ0) is 16.6. The lowest BCUT2D eigenvalue weighted by molar-refractivity contribution is -0.0523. The average Bonchev–Trinajstić information content (AvgIpc) is 2.45. The third-order valence-electron chi connectivity index (χ3n) is 5.06. The maximum Gasteiger partial charge on any atom is 0.161 e. The van der Waals surface area contributed by atoms with Crippen molar-refractivity contribution in [2.45, 2.75) is 53.2 Å². The SMILES string of the molecule is CC1CC(C)CN(C(C2COc3ccccc3O2)C(C)(C)C)C1. The Bertz CT molecular complexity index is 527. The molecule has 0 aromatic heterocycles. The molecule has 1 fully saturated rings. The molecule has 3 heteroatoms. The lowest BCUT2D eigenvalue weighted by atomic mass is 9.79. The smallest absolute Gasteiger partial charge is 0.161 e. The Morgan fingerprint density at radius 1 is 1.04 bits per heavy atom. The largest absolute Gasteiger partial charge is 0.486 e. The summed E-state index contributed by atoms with van der Waals surface area (Å²) in [5.74, 6) is 3.26. The first-order chi connectivity index (χ1) is 10.8. The molecule has 4 unspecified atom stereocenters. The fourth-order valence-corrected chi connectivity index (χ4v) is 4.47. The highest BCUT2D eigenvalue weighted by Gasteiger charge is 2.42. The third kappa shape index (κ3) is 3.65. The van der Waals surface area contributed by atoms with Crippen molar-refractivity contribution in [1.82, 2.24) is 4.90 Å². The zero-order valence-electron chi connectivity index (χ0n) is 15.2. The lowest BCUT2D eigenvalue weighted by Gasteiger charge is -2.49. The first-order valence-electron chi connectivity index (χ1n) is 8.97. The number of likely N-dealkylation sites (tertiary alicyclic amines) is 1. The predicted octanol–water partition coefficient (Wildman–Crippen LogP) is 4.22. The number of piperidine rings is 1. The quantitative estimate of drug-likeness (QED) is 0.815. The van der Waals surface area contributed by atoms with Crippen LogP contribution in [0.4, 0.5) is 0 Å². The molecule has 3 nitrogen and oxygen atoms in total. The summed E-state index contributed by atoms with van der Waals surface area (Å²) in [5, 5.41) is 0. The maximum absolute atomic E-state index is 6.38. The normalized spacial score (nSPS) is 30.0. The van der Waals surface area contributed by atoms with Gasteiger partial charge in [0.15, 0.2) is 11.5 Å². The summed E-state index contributed by atoms with van der Waals surface area (Å²) < 4.78 is 12.4. The van der Waals surface area contributed by atoms with Crippen LogP contribution in [0.3, 0.4) is 0 Å². The van der Waals surface area contributed by atoms with Crippen LogP contribution in [0.1, 0.15) is 41.0 Å². The number of hydrogen-bond acceptors (Lipinski definition) is 3. The Morgan fingerprint density at radius 2 is 1.65 bits per heavy atom. The molecule has 0 saturated carbocycles. The van der Waals surface area contributed by atoms with Gasteiger partial charge in [0, 0.05) is 13.1 Å². The zero-order valence-corrected chi connectivity index (χ0v) is 15.2. The van der Waals surface area contributed by atoms with Crippen molar-refractivity contribution in [2.24, 2.45) is 17.3 Å². The second kappa shape index (κ2) is 6.35. The summed E-state index contributed by atoms with van der Waals surface area (Å²) in [5.41, 5.74) is 0.150. The number of rotatable bonds is 2. The van der Waals surface area contributed by atoms with E-state index in [0.717, 1.165) is 36.4 Å². The van der Waals surface area contributed by atoms with E-state index in [1.54, 1.807) is 0 Å². The summed E-state index contributed by atoms with van der Waals surface area (Å²) in [7, 11) is 0. The Morgan fingerprint density at radius 3 is 2.26 bits per heavy atom. The van der Waals surface area contributed by atoms with Crippen LogP contribution >= 0.6 is 0 Å². The van der Waals surface area contributed by atoms with Gasteiger partial charge in [-0.1, -0.05) is 46.8 Å². The van der Waals surface area contributed by atoms with Crippen molar-refractivity contribution in [2.75, 3.05) is 19.7 Å². The van der Waals surface area contributed by atoms with Gasteiger partial charge >= 0.3 is 0 Å². The Labute approximate surface area is 141 Å². The van der Waals surface area contributed by atoms with Crippen LogP contribution in [0.15, 0.2) is 24.3 Å². The maximum atomic E-state index is 6.38. The first-order valence-corrected chi connectivity index (χ1v) is 8.97. The number of ether oxygens (including phenoxy) is 2. The van der Waals surface area contributed by atoms with E-state index in [9.17, 15) is 0 Å². The van der Waals surface area contributed by atoms with E-state index in [1.807, 2.05) is 24.3 Å². The summed E-state index contributed by atoms with van der Waals surface area (Å²) >= 11 is 0. The van der Waals surface area contributed by atoms with E-state index >= 15 is 0 Å². The molecule has 2 aliphatic rings. The molecule has 0 spiro atoms. The number of benzene rings is 1. The molecule has 0 radical (unpaired) electrons. The molecule has 0 N–H and O–H groups in total. The molecule has 4 atom stereocenters. The summed E-state index contributed by atoms with van der Waals surface area (Å²) in [6.07, 6.45) is 1.42. The van der Waals surface area contributed by atoms with Gasteiger partial charge in [-0.3, -0.25) is 4.90 Å². The van der Waals surface area contributed by atoms with E-state index in [2.05, 4.69) is 39.5 Å². The van der Waals surface area contributed by atoms with Gasteiger partial charge in [0.1, 0.15) is 12.7 Å². The van der Waals surface area contributed by atoms with Gasteiger partial charge in [0.2, 0.25) is 0 Å². The van der Waals surface area contributed by atoms with Crippen LogP contribution in [-0.2, 0) is 0 Å². The molecule has 23 heavy (non-hydrogen) atoms. The summed E-state index contributed by atoms with van der Waals surface area (Å²) in [6, 6.07) is 8.38. The molecule has 1 aromatic rings. The standard InChI is InChI=1S/C20H31NO2/c1-14-10-15(2)12-21(11-14)19(20(3,4)5)18-13-22-16-8-6-7-9-17(16)23-18/h6-9,14-15,18-19H,10-13H2,1-5H3. The number of hydrogen-bond donors (Lipinski definition) is 0. The van der Waals surface area contributed by atoms with E-state index < -0.39 is 0 Å². The molecule has 128 valence electrons. The average molecular weight is 317 g/mol. The van der Waals surface area contributed by atoms with E-state index in [1.165, 1.54) is 6.42 Å². The van der Waals surface area contributed by atoms with Gasteiger partial charge in [-0.25, -0.2) is 0 Å². The summed E-state index contributed by atoms with van der Waals surface area (Å²) in [6.45, 7) is 14.7. The van der Waals surface area contributed by atoms with Gasteiger partial charge in [0.25, 0.3) is 0 Å². The minimum Gasteiger partial charge on any atom is -0.486 e. The van der Waals surface area contributed by atoms with E-state index in [-0.39, 0.29) is 11.5 Å². The topological polar surface area (TPSA) is 21.7 Å². The van der Waals surface area contributed by atoms with Crippen LogP contribution in [0.2, 0.25) is 0 Å². The van der Waals surface area contributed by atoms with Crippen molar-refractivity contribution in [3.8, 4) is 11.5 Å². The fraction of sp³-hybridized carbons (Fsp3) is 0.700. The molecule has 0 amide bonds. The number of fused-ring (bicyclic) bond motifs is 1. The fourth-order valence-electron chi connectivity index (χ4n) is 4.47. The van der Waals surface area contributed by atoms with Gasteiger partial charge in [-0.2, -0.15) is 0 Å². The molecule has 1 saturated heterocycles. The second-order valence-electron chi connectivity index (χ2n) is 8.62. The second-order valence-corrected chi connectivity index (χ2v) is 8.62. The molecule has 2 aliphatic heterocycles. The summed E-state index contributed by atoms with van der Waals surface area (Å²) in [4.78, 5) is 2.65. The molecule has 2 heterocycles. The van der Waals surface area contributed by atoms with Gasteiger partial charge in [0.05, 0.1) is 6.04 Å². The highest BCUT2D eigenvalue weighted by Crippen LogP contribution is 2.38. The van der Waals surface area contributed by atoms with Crippen molar-refractivity contribution in [3.05, 3.63) is 24.3 Å². The number of para-hydroxylation sites is 2. The third-order valence-corrected chi connectivity index (χ3v) is 5.06. The molecule has 1 aromatic carbocycles. The minimum absolute atomic E-state index is 0.0856.